The van der Waals surface area contributed by atoms with Crippen LogP contribution in [0.2, 0.25) is 0 Å². The lowest BCUT2D eigenvalue weighted by molar-refractivity contribution is -0.226. The second-order valence-corrected chi connectivity index (χ2v) is 6.24. The van der Waals surface area contributed by atoms with Crippen LogP contribution in [-0.4, -0.2) is 17.0 Å². The van der Waals surface area contributed by atoms with E-state index in [0.717, 1.165) is 31.1 Å². The smallest absolute Gasteiger partial charge is 0.142 e. The molecule has 0 amide bonds. The molecule has 5 aliphatic rings. The molecule has 1 N–H and O–H groups in total. The first-order valence-electron chi connectivity index (χ1n) is 6.45. The van der Waals surface area contributed by atoms with Crippen molar-refractivity contribution >= 4 is 5.78 Å². The number of carbonyl (C=O) groups is 1. The van der Waals surface area contributed by atoms with Crippen LogP contribution in [0.15, 0.2) is 0 Å². The molecule has 15 heavy (non-hydrogen) atoms. The Balaban J connectivity index is 1.83. The van der Waals surface area contributed by atoms with Crippen LogP contribution in [0.5, 0.6) is 0 Å². The van der Waals surface area contributed by atoms with Crippen molar-refractivity contribution in [3.8, 4) is 0 Å². The zero-order chi connectivity index (χ0) is 10.2. The van der Waals surface area contributed by atoms with Gasteiger partial charge in [-0.25, -0.2) is 0 Å². The van der Waals surface area contributed by atoms with E-state index in [2.05, 4.69) is 0 Å². The van der Waals surface area contributed by atoms with Crippen molar-refractivity contribution in [2.24, 2.45) is 29.1 Å². The molecule has 0 heterocycles. The molecule has 2 bridgehead atoms. The number of ketones is 1. The molecule has 2 nitrogen and oxygen atoms in total. The van der Waals surface area contributed by atoms with E-state index in [9.17, 15) is 9.90 Å². The molecule has 5 saturated carbocycles. The van der Waals surface area contributed by atoms with Crippen LogP contribution >= 0.6 is 0 Å². The van der Waals surface area contributed by atoms with Crippen molar-refractivity contribution in [3.05, 3.63) is 0 Å². The van der Waals surface area contributed by atoms with Gasteiger partial charge in [0.15, 0.2) is 0 Å². The Morgan fingerprint density at radius 1 is 1.13 bits per heavy atom. The summed E-state index contributed by atoms with van der Waals surface area (Å²) in [5.41, 5.74) is 0.281. The fourth-order valence-electron chi connectivity index (χ4n) is 5.48. The Kier molecular flexibility index (Phi) is 1.44. The summed E-state index contributed by atoms with van der Waals surface area (Å²) in [5.74, 6) is 2.35. The monoisotopic (exact) mass is 206 g/mol. The lowest BCUT2D eigenvalue weighted by Crippen LogP contribution is -2.68. The summed E-state index contributed by atoms with van der Waals surface area (Å²) in [6.07, 6.45) is 6.61. The van der Waals surface area contributed by atoms with Gasteiger partial charge in [-0.3, -0.25) is 4.79 Å². The van der Waals surface area contributed by atoms with Gasteiger partial charge in [0.25, 0.3) is 0 Å². The maximum Gasteiger partial charge on any atom is 0.142 e. The number of Topliss-reactive ketones (excluding diaryl/α,β-unsaturated/α-hetero) is 1. The highest BCUT2D eigenvalue weighted by Crippen LogP contribution is 2.71. The second-order valence-electron chi connectivity index (χ2n) is 6.24. The van der Waals surface area contributed by atoms with E-state index in [-0.39, 0.29) is 17.4 Å². The number of hydrogen-bond acceptors (Lipinski definition) is 2. The molecule has 0 aliphatic heterocycles. The van der Waals surface area contributed by atoms with Crippen molar-refractivity contribution in [2.45, 2.75) is 44.6 Å². The minimum atomic E-state index is -0.306. The van der Waals surface area contributed by atoms with Gasteiger partial charge in [0.2, 0.25) is 0 Å². The quantitative estimate of drug-likeness (QED) is 0.655. The summed E-state index contributed by atoms with van der Waals surface area (Å²) in [7, 11) is 0. The van der Waals surface area contributed by atoms with Crippen LogP contribution in [-0.2, 0) is 4.79 Å². The van der Waals surface area contributed by atoms with Crippen molar-refractivity contribution in [1.82, 2.24) is 0 Å². The highest BCUT2D eigenvalue weighted by atomic mass is 16.3. The lowest BCUT2D eigenvalue weighted by Gasteiger charge is -2.70. The first-order chi connectivity index (χ1) is 7.23. The van der Waals surface area contributed by atoms with E-state index in [4.69, 9.17) is 0 Å². The molecule has 5 fully saturated rings. The fraction of sp³-hybridized carbons (Fsp3) is 0.923. The molecule has 0 aromatic carbocycles. The summed E-state index contributed by atoms with van der Waals surface area (Å²) in [6.45, 7) is 0. The van der Waals surface area contributed by atoms with Crippen LogP contribution in [0.3, 0.4) is 0 Å². The molecule has 5 aliphatic carbocycles. The van der Waals surface area contributed by atoms with E-state index < -0.39 is 0 Å². The standard InChI is InChI=1S/C13H18O2/c14-10-2-1-8-6-9-5-7-3-4-13(8,9)11(10)12(7)15/h7-11,14H,1-6H2. The molecule has 0 saturated heterocycles. The normalized spacial score (nSPS) is 61.1. The molecule has 1 spiro atoms. The third-order valence-electron chi connectivity index (χ3n) is 6.07. The summed E-state index contributed by atoms with van der Waals surface area (Å²) in [4.78, 5) is 12.2. The predicted octanol–water partition coefficient (Wildman–Crippen LogP) is 1.76. The minimum absolute atomic E-state index is 0.0440. The zero-order valence-electron chi connectivity index (χ0n) is 8.98. The third kappa shape index (κ3) is 0.780. The molecule has 0 aromatic heterocycles. The maximum absolute atomic E-state index is 12.2. The van der Waals surface area contributed by atoms with Crippen molar-refractivity contribution < 1.29 is 9.90 Å². The Morgan fingerprint density at radius 2 is 2.00 bits per heavy atom. The van der Waals surface area contributed by atoms with Gasteiger partial charge in [-0.05, 0) is 55.8 Å². The molecule has 6 atom stereocenters. The maximum atomic E-state index is 12.2. The zero-order valence-corrected chi connectivity index (χ0v) is 8.98. The van der Waals surface area contributed by atoms with E-state index >= 15 is 0 Å². The molecule has 0 aromatic rings. The fourth-order valence-corrected chi connectivity index (χ4v) is 5.48. The van der Waals surface area contributed by atoms with Gasteiger partial charge in [-0.1, -0.05) is 0 Å². The van der Waals surface area contributed by atoms with E-state index in [1.807, 2.05) is 0 Å². The molecule has 0 radical (unpaired) electrons. The summed E-state index contributed by atoms with van der Waals surface area (Å²) in [6, 6.07) is 0. The van der Waals surface area contributed by atoms with E-state index in [0.29, 0.717) is 11.7 Å². The Labute approximate surface area is 90.1 Å². The SMILES string of the molecule is O=C1C2CCC34C(CCC(O)C13)CC4C2. The molecular formula is C13H18O2. The van der Waals surface area contributed by atoms with E-state index in [1.165, 1.54) is 19.3 Å². The minimum Gasteiger partial charge on any atom is -0.392 e. The van der Waals surface area contributed by atoms with Crippen LogP contribution in [0.4, 0.5) is 0 Å². The van der Waals surface area contributed by atoms with E-state index in [1.54, 1.807) is 0 Å². The van der Waals surface area contributed by atoms with Crippen LogP contribution < -0.4 is 0 Å². The predicted molar refractivity (Wildman–Crippen MR) is 55.1 cm³/mol. The summed E-state index contributed by atoms with van der Waals surface area (Å²) < 4.78 is 0. The molecule has 5 rings (SSSR count). The van der Waals surface area contributed by atoms with Crippen LogP contribution in [0.1, 0.15) is 38.5 Å². The molecule has 82 valence electrons. The summed E-state index contributed by atoms with van der Waals surface area (Å²) in [5, 5.41) is 10.1. The van der Waals surface area contributed by atoms with Gasteiger partial charge in [0.1, 0.15) is 5.78 Å². The number of rotatable bonds is 0. The van der Waals surface area contributed by atoms with Crippen LogP contribution in [0, 0.1) is 29.1 Å². The van der Waals surface area contributed by atoms with Crippen molar-refractivity contribution in [3.63, 3.8) is 0 Å². The highest BCUT2D eigenvalue weighted by molar-refractivity contribution is 5.87. The average molecular weight is 206 g/mol. The Hall–Kier alpha value is -0.370. The van der Waals surface area contributed by atoms with Gasteiger partial charge < -0.3 is 5.11 Å². The average Bonchev–Trinajstić information content (AvgIpc) is 2.20. The van der Waals surface area contributed by atoms with Crippen molar-refractivity contribution in [2.75, 3.05) is 0 Å². The molecular weight excluding hydrogens is 188 g/mol. The van der Waals surface area contributed by atoms with Gasteiger partial charge >= 0.3 is 0 Å². The number of hydrogen-bond donors (Lipinski definition) is 1. The number of fused-ring (bicyclic) bond motifs is 1. The van der Waals surface area contributed by atoms with Crippen molar-refractivity contribution in [1.29, 1.82) is 0 Å². The van der Waals surface area contributed by atoms with Crippen LogP contribution in [0.25, 0.3) is 0 Å². The molecule has 2 heteroatoms. The first kappa shape index (κ1) is 8.74. The topological polar surface area (TPSA) is 37.3 Å². The molecule has 6 unspecified atom stereocenters. The number of aliphatic hydroxyl groups is 1. The second kappa shape index (κ2) is 2.48. The van der Waals surface area contributed by atoms with Gasteiger partial charge in [0.05, 0.1) is 12.0 Å². The van der Waals surface area contributed by atoms with Gasteiger partial charge in [-0.2, -0.15) is 0 Å². The summed E-state index contributed by atoms with van der Waals surface area (Å²) >= 11 is 0. The highest BCUT2D eigenvalue weighted by Gasteiger charge is 2.69. The third-order valence-corrected chi connectivity index (χ3v) is 6.07. The van der Waals surface area contributed by atoms with Gasteiger partial charge in [0, 0.05) is 5.92 Å². The Bertz CT molecular complexity index is 329. The Morgan fingerprint density at radius 3 is 2.73 bits per heavy atom. The first-order valence-corrected chi connectivity index (χ1v) is 6.45. The lowest BCUT2D eigenvalue weighted by atomic mass is 9.34. The number of carbonyl (C=O) groups excluding carboxylic acids is 1. The van der Waals surface area contributed by atoms with Gasteiger partial charge in [-0.15, -0.1) is 0 Å². The largest absolute Gasteiger partial charge is 0.392 e. The number of aliphatic hydroxyl groups excluding tert-OH is 1.